The summed E-state index contributed by atoms with van der Waals surface area (Å²) < 4.78 is 30.5. The molecule has 3 aromatic rings. The average Bonchev–Trinajstić information content (AvgIpc) is 2.88. The molecule has 0 aliphatic rings. The first-order valence-electron chi connectivity index (χ1n) is 8.43. The number of hydrogen-bond donors (Lipinski definition) is 1. The van der Waals surface area contributed by atoms with Gasteiger partial charge >= 0.3 is 0 Å². The van der Waals surface area contributed by atoms with Gasteiger partial charge < -0.3 is 0 Å². The molecule has 0 aliphatic heterocycles. The highest BCUT2D eigenvalue weighted by Gasteiger charge is 2.25. The Bertz CT molecular complexity index is 1070. The van der Waals surface area contributed by atoms with E-state index in [-0.39, 0.29) is 4.90 Å². The quantitative estimate of drug-likeness (QED) is 0.749. The third-order valence-electron chi connectivity index (χ3n) is 4.62. The number of benzene rings is 2. The monoisotopic (exact) mass is 369 g/mol. The highest BCUT2D eigenvalue weighted by Crippen LogP contribution is 2.27. The molecular formula is C20H23N3O2S. The molecule has 0 radical (unpaired) electrons. The zero-order chi connectivity index (χ0) is 19.1. The van der Waals surface area contributed by atoms with Crippen molar-refractivity contribution in [3.63, 3.8) is 0 Å². The number of hydrogen-bond acceptors (Lipinski definition) is 3. The van der Waals surface area contributed by atoms with Gasteiger partial charge in [0.2, 0.25) is 0 Å². The molecule has 1 heterocycles. The fourth-order valence-corrected chi connectivity index (χ4v) is 4.53. The van der Waals surface area contributed by atoms with E-state index in [0.717, 1.165) is 22.4 Å². The van der Waals surface area contributed by atoms with Crippen LogP contribution in [0.25, 0.3) is 5.69 Å². The van der Waals surface area contributed by atoms with E-state index in [1.165, 1.54) is 0 Å². The standard InChI is InChI=1S/C20H23N3O2S/c1-13-9-11-18(12-10-13)23-17(5)20(16(4)21-23)26(24,25)22-19-8-6-7-14(2)15(19)3/h6-12,22H,1-5H3. The first kappa shape index (κ1) is 18.2. The lowest BCUT2D eigenvalue weighted by molar-refractivity contribution is 0.600. The molecule has 0 saturated heterocycles. The molecule has 3 rings (SSSR count). The van der Waals surface area contributed by atoms with Gasteiger partial charge in [0.05, 0.1) is 22.8 Å². The molecule has 26 heavy (non-hydrogen) atoms. The third-order valence-corrected chi connectivity index (χ3v) is 6.24. The molecule has 0 aliphatic carbocycles. The van der Waals surface area contributed by atoms with Gasteiger partial charge in [-0.05, 0) is 63.9 Å². The largest absolute Gasteiger partial charge is 0.279 e. The van der Waals surface area contributed by atoms with Gasteiger partial charge in [-0.25, -0.2) is 13.1 Å². The van der Waals surface area contributed by atoms with Crippen molar-refractivity contribution in [2.45, 2.75) is 39.5 Å². The first-order chi connectivity index (χ1) is 12.2. The molecule has 5 nitrogen and oxygen atoms in total. The van der Waals surface area contributed by atoms with Crippen LogP contribution < -0.4 is 4.72 Å². The summed E-state index contributed by atoms with van der Waals surface area (Å²) in [7, 11) is -3.74. The summed E-state index contributed by atoms with van der Waals surface area (Å²) in [5.41, 5.74) is 5.58. The summed E-state index contributed by atoms with van der Waals surface area (Å²) in [5, 5.41) is 4.46. The van der Waals surface area contributed by atoms with E-state index >= 15 is 0 Å². The maximum atomic E-state index is 13.0. The summed E-state index contributed by atoms with van der Waals surface area (Å²) in [6, 6.07) is 13.4. The van der Waals surface area contributed by atoms with E-state index in [1.807, 2.05) is 57.2 Å². The second-order valence-electron chi connectivity index (χ2n) is 6.60. The van der Waals surface area contributed by atoms with Gasteiger partial charge in [0.15, 0.2) is 0 Å². The molecule has 1 aromatic heterocycles. The van der Waals surface area contributed by atoms with Crippen LogP contribution in [-0.4, -0.2) is 18.2 Å². The predicted octanol–water partition coefficient (Wildman–Crippen LogP) is 4.22. The van der Waals surface area contributed by atoms with Crippen molar-refractivity contribution in [2.24, 2.45) is 0 Å². The van der Waals surface area contributed by atoms with Crippen molar-refractivity contribution in [3.05, 3.63) is 70.5 Å². The summed E-state index contributed by atoms with van der Waals surface area (Å²) in [4.78, 5) is 0.221. The van der Waals surface area contributed by atoms with Crippen LogP contribution in [0.2, 0.25) is 0 Å². The predicted molar refractivity (Wildman–Crippen MR) is 104 cm³/mol. The Morgan fingerprint density at radius 2 is 1.58 bits per heavy atom. The lowest BCUT2D eigenvalue weighted by Gasteiger charge is -2.12. The number of nitrogens with zero attached hydrogens (tertiary/aromatic N) is 2. The Morgan fingerprint density at radius 3 is 2.23 bits per heavy atom. The van der Waals surface area contributed by atoms with Crippen molar-refractivity contribution in [2.75, 3.05) is 4.72 Å². The number of aryl methyl sites for hydroxylation is 3. The second-order valence-corrected chi connectivity index (χ2v) is 8.22. The summed E-state index contributed by atoms with van der Waals surface area (Å²) >= 11 is 0. The molecule has 0 fully saturated rings. The van der Waals surface area contributed by atoms with Crippen molar-refractivity contribution in [1.82, 2.24) is 9.78 Å². The number of rotatable bonds is 4. The van der Waals surface area contributed by atoms with Crippen molar-refractivity contribution in [1.29, 1.82) is 0 Å². The topological polar surface area (TPSA) is 64.0 Å². The van der Waals surface area contributed by atoms with Crippen LogP contribution in [0.5, 0.6) is 0 Å². The van der Waals surface area contributed by atoms with E-state index in [2.05, 4.69) is 9.82 Å². The number of sulfonamides is 1. The van der Waals surface area contributed by atoms with Gasteiger partial charge in [0.1, 0.15) is 4.90 Å². The molecule has 0 unspecified atom stereocenters. The third kappa shape index (κ3) is 3.24. The molecule has 0 spiro atoms. The van der Waals surface area contributed by atoms with Crippen LogP contribution in [0.1, 0.15) is 28.1 Å². The average molecular weight is 369 g/mol. The van der Waals surface area contributed by atoms with Gasteiger partial charge in [0, 0.05) is 0 Å². The first-order valence-corrected chi connectivity index (χ1v) is 9.91. The summed E-state index contributed by atoms with van der Waals surface area (Å²) in [6.07, 6.45) is 0. The smallest absolute Gasteiger partial charge is 0.265 e. The maximum absolute atomic E-state index is 13.0. The van der Waals surface area contributed by atoms with Crippen LogP contribution in [0, 0.1) is 34.6 Å². The zero-order valence-electron chi connectivity index (χ0n) is 15.7. The summed E-state index contributed by atoms with van der Waals surface area (Å²) in [6.45, 7) is 9.36. The summed E-state index contributed by atoms with van der Waals surface area (Å²) in [5.74, 6) is 0. The van der Waals surface area contributed by atoms with Crippen molar-refractivity contribution < 1.29 is 8.42 Å². The zero-order valence-corrected chi connectivity index (χ0v) is 16.5. The van der Waals surface area contributed by atoms with Gasteiger partial charge in [0.25, 0.3) is 10.0 Å². The minimum absolute atomic E-state index is 0.221. The lowest BCUT2D eigenvalue weighted by Crippen LogP contribution is -2.16. The fourth-order valence-electron chi connectivity index (χ4n) is 3.01. The van der Waals surface area contributed by atoms with Crippen LogP contribution in [0.4, 0.5) is 5.69 Å². The minimum Gasteiger partial charge on any atom is -0.279 e. The minimum atomic E-state index is -3.74. The van der Waals surface area contributed by atoms with Crippen molar-refractivity contribution >= 4 is 15.7 Å². The molecule has 0 atom stereocenters. The van der Waals surface area contributed by atoms with Gasteiger partial charge in [-0.2, -0.15) is 5.10 Å². The molecule has 0 saturated carbocycles. The number of aromatic nitrogens is 2. The van der Waals surface area contributed by atoms with Crippen LogP contribution in [-0.2, 0) is 10.0 Å². The van der Waals surface area contributed by atoms with Crippen LogP contribution in [0.3, 0.4) is 0 Å². The number of anilines is 1. The Kier molecular flexibility index (Phi) is 4.63. The SMILES string of the molecule is Cc1ccc(-n2nc(C)c(S(=O)(=O)Nc3cccc(C)c3C)c2C)cc1. The highest BCUT2D eigenvalue weighted by atomic mass is 32.2. The maximum Gasteiger partial charge on any atom is 0.265 e. The Morgan fingerprint density at radius 1 is 0.923 bits per heavy atom. The number of nitrogens with one attached hydrogen (secondary N) is 1. The molecule has 0 amide bonds. The second kappa shape index (κ2) is 6.61. The highest BCUT2D eigenvalue weighted by molar-refractivity contribution is 7.92. The van der Waals surface area contributed by atoms with E-state index in [9.17, 15) is 8.42 Å². The van der Waals surface area contributed by atoms with Gasteiger partial charge in [-0.1, -0.05) is 29.8 Å². The van der Waals surface area contributed by atoms with E-state index in [0.29, 0.717) is 17.1 Å². The Balaban J connectivity index is 2.06. The molecule has 0 bridgehead atoms. The Labute approximate surface area is 154 Å². The van der Waals surface area contributed by atoms with E-state index < -0.39 is 10.0 Å². The molecular weight excluding hydrogens is 346 g/mol. The van der Waals surface area contributed by atoms with E-state index in [1.54, 1.807) is 24.6 Å². The lowest BCUT2D eigenvalue weighted by atomic mass is 10.1. The van der Waals surface area contributed by atoms with Crippen LogP contribution in [0.15, 0.2) is 47.4 Å². The van der Waals surface area contributed by atoms with Crippen molar-refractivity contribution in [3.8, 4) is 5.69 Å². The van der Waals surface area contributed by atoms with Crippen LogP contribution >= 0.6 is 0 Å². The van der Waals surface area contributed by atoms with Gasteiger partial charge in [-0.3, -0.25) is 4.72 Å². The Hall–Kier alpha value is -2.60. The fraction of sp³-hybridized carbons (Fsp3) is 0.250. The molecule has 136 valence electrons. The molecule has 6 heteroatoms. The van der Waals surface area contributed by atoms with E-state index in [4.69, 9.17) is 0 Å². The van der Waals surface area contributed by atoms with Gasteiger partial charge in [-0.15, -0.1) is 0 Å². The normalized spacial score (nSPS) is 11.6. The molecule has 1 N–H and O–H groups in total. The molecule has 2 aromatic carbocycles.